The lowest BCUT2D eigenvalue weighted by Gasteiger charge is -2.41. The fourth-order valence-corrected chi connectivity index (χ4v) is 6.04. The Morgan fingerprint density at radius 2 is 1.72 bits per heavy atom. The summed E-state index contributed by atoms with van der Waals surface area (Å²) in [6.45, 7) is 1.28. The van der Waals surface area contributed by atoms with Gasteiger partial charge in [0, 0.05) is 18.8 Å². The molecule has 4 atom stereocenters. The molecule has 0 spiro atoms. The van der Waals surface area contributed by atoms with Crippen LogP contribution in [0, 0.1) is 23.7 Å². The molecule has 1 aliphatic heterocycles. The molecule has 5 rings (SSSR count). The predicted molar refractivity (Wildman–Crippen MR) is 105 cm³/mol. The molecule has 1 amide bonds. The molecule has 1 saturated heterocycles. The lowest BCUT2D eigenvalue weighted by Crippen LogP contribution is -2.47. The minimum atomic E-state index is -3.68. The second kappa shape index (κ2) is 7.89. The van der Waals surface area contributed by atoms with Crippen molar-refractivity contribution in [3.63, 3.8) is 0 Å². The monoisotopic (exact) mass is 420 g/mol. The molecule has 0 aromatic heterocycles. The van der Waals surface area contributed by atoms with Gasteiger partial charge in [-0.05, 0) is 42.9 Å². The van der Waals surface area contributed by atoms with Crippen LogP contribution in [0.3, 0.4) is 0 Å². The predicted octanol–water partition coefficient (Wildman–Crippen LogP) is 1.56. The number of allylic oxidation sites excluding steroid dienone is 2. The van der Waals surface area contributed by atoms with Crippen LogP contribution in [0.15, 0.2) is 41.3 Å². The first-order valence-electron chi connectivity index (χ1n) is 9.78. The fraction of sp³-hybridized carbons (Fsp3) is 0.500. The summed E-state index contributed by atoms with van der Waals surface area (Å²) < 4.78 is 32.3. The third-order valence-corrected chi connectivity index (χ3v) is 7.94. The molecular formula is C20H24N2O6S. The molecule has 2 bridgehead atoms. The lowest BCUT2D eigenvalue weighted by atomic mass is 9.62. The third-order valence-electron chi connectivity index (χ3n) is 6.05. The summed E-state index contributed by atoms with van der Waals surface area (Å²) in [6, 6.07) is 6.11. The maximum Gasteiger partial charge on any atom is 0.307 e. The van der Waals surface area contributed by atoms with Crippen molar-refractivity contribution in [3.05, 3.63) is 36.4 Å². The Morgan fingerprint density at radius 3 is 2.34 bits per heavy atom. The van der Waals surface area contributed by atoms with E-state index in [-0.39, 0.29) is 35.7 Å². The number of hydrogen-bond donors (Lipinski definition) is 2. The summed E-state index contributed by atoms with van der Waals surface area (Å²) in [5, 5.41) is 12.4. The van der Waals surface area contributed by atoms with E-state index in [1.807, 2.05) is 12.2 Å². The maximum absolute atomic E-state index is 13.0. The van der Waals surface area contributed by atoms with Crippen molar-refractivity contribution < 1.29 is 27.9 Å². The van der Waals surface area contributed by atoms with E-state index in [0.717, 1.165) is 12.8 Å². The van der Waals surface area contributed by atoms with Crippen molar-refractivity contribution in [3.8, 4) is 0 Å². The number of fused-ring (bicyclic) bond motifs is 2. The van der Waals surface area contributed by atoms with Crippen LogP contribution in [0.5, 0.6) is 0 Å². The number of nitrogens with zero attached hydrogens (tertiary/aromatic N) is 1. The Hall–Kier alpha value is -2.23. The van der Waals surface area contributed by atoms with Crippen molar-refractivity contribution >= 4 is 27.6 Å². The Kier molecular flexibility index (Phi) is 5.46. The van der Waals surface area contributed by atoms with Crippen LogP contribution >= 0.6 is 0 Å². The number of hydrogen-bond acceptors (Lipinski definition) is 5. The first-order chi connectivity index (χ1) is 13.9. The van der Waals surface area contributed by atoms with E-state index >= 15 is 0 Å². The molecule has 3 aliphatic carbocycles. The Morgan fingerprint density at radius 1 is 1.07 bits per heavy atom. The van der Waals surface area contributed by atoms with Gasteiger partial charge in [0.15, 0.2) is 0 Å². The van der Waals surface area contributed by atoms with Crippen molar-refractivity contribution in [2.24, 2.45) is 23.7 Å². The maximum atomic E-state index is 13.0. The second-order valence-corrected chi connectivity index (χ2v) is 9.65. The van der Waals surface area contributed by atoms with Crippen LogP contribution in [0.4, 0.5) is 5.69 Å². The van der Waals surface area contributed by atoms with Crippen LogP contribution < -0.4 is 5.32 Å². The van der Waals surface area contributed by atoms with Gasteiger partial charge < -0.3 is 15.2 Å². The second-order valence-electron chi connectivity index (χ2n) is 7.71. The Bertz CT molecular complexity index is 938. The van der Waals surface area contributed by atoms with Gasteiger partial charge in [0.1, 0.15) is 0 Å². The topological polar surface area (TPSA) is 113 Å². The number of amides is 1. The molecule has 1 aromatic carbocycles. The molecule has 4 aliphatic rings. The van der Waals surface area contributed by atoms with Crippen LogP contribution in [0.25, 0.3) is 0 Å². The smallest absolute Gasteiger partial charge is 0.307 e. The average Bonchev–Trinajstić information content (AvgIpc) is 2.74. The highest BCUT2D eigenvalue weighted by Crippen LogP contribution is 2.45. The van der Waals surface area contributed by atoms with Crippen molar-refractivity contribution in [2.45, 2.75) is 17.7 Å². The van der Waals surface area contributed by atoms with E-state index in [1.54, 1.807) is 12.1 Å². The molecule has 2 fully saturated rings. The van der Waals surface area contributed by atoms with Crippen LogP contribution in [-0.2, 0) is 24.3 Å². The van der Waals surface area contributed by atoms with Crippen LogP contribution in [0.2, 0.25) is 0 Å². The molecule has 2 N–H and O–H groups in total. The number of rotatable bonds is 5. The van der Waals surface area contributed by atoms with Gasteiger partial charge in [0.25, 0.3) is 0 Å². The van der Waals surface area contributed by atoms with Crippen LogP contribution in [0.1, 0.15) is 12.8 Å². The number of benzene rings is 1. The SMILES string of the molecule is O=C(O)[C@@H]1[C@H](C(=O)Nc2cccc(S(=O)(=O)N3CCOCC3)c2)[C@@H]2C=C[C@H]1CC2. The molecule has 1 heterocycles. The van der Waals surface area contributed by atoms with E-state index < -0.39 is 27.8 Å². The van der Waals surface area contributed by atoms with Gasteiger partial charge in [-0.25, -0.2) is 8.42 Å². The number of morpholine rings is 1. The minimum absolute atomic E-state index is 0.0945. The summed E-state index contributed by atoms with van der Waals surface area (Å²) in [5.74, 6) is -3.00. The van der Waals surface area contributed by atoms with E-state index in [0.29, 0.717) is 18.9 Å². The number of anilines is 1. The first kappa shape index (κ1) is 20.1. The number of carbonyl (C=O) groups excluding carboxylic acids is 1. The number of sulfonamides is 1. The molecule has 0 unspecified atom stereocenters. The first-order valence-corrected chi connectivity index (χ1v) is 11.2. The molecule has 156 valence electrons. The van der Waals surface area contributed by atoms with Gasteiger partial charge in [0.2, 0.25) is 15.9 Å². The van der Waals surface area contributed by atoms with E-state index in [9.17, 15) is 23.1 Å². The normalized spacial score (nSPS) is 29.5. The summed E-state index contributed by atoms with van der Waals surface area (Å²) in [7, 11) is -3.68. The molecule has 1 saturated carbocycles. The third kappa shape index (κ3) is 3.82. The van der Waals surface area contributed by atoms with Gasteiger partial charge in [-0.1, -0.05) is 18.2 Å². The molecule has 1 aromatic rings. The zero-order chi connectivity index (χ0) is 20.6. The Balaban J connectivity index is 1.54. The lowest BCUT2D eigenvalue weighted by molar-refractivity contribution is -0.151. The standard InChI is InChI=1S/C20H24N2O6S/c23-19(17-13-4-6-14(7-5-13)18(17)20(24)25)21-15-2-1-3-16(12-15)29(26,27)22-8-10-28-11-9-22/h1-4,6,12-14,17-18H,5,7-11H2,(H,21,23)(H,24,25)/t13-,14+,17-,18+/m1/s1. The van der Waals surface area contributed by atoms with E-state index in [1.165, 1.54) is 16.4 Å². The summed E-state index contributed by atoms with van der Waals surface area (Å²) in [6.07, 6.45) is 5.41. The number of carbonyl (C=O) groups is 2. The summed E-state index contributed by atoms with van der Waals surface area (Å²) in [4.78, 5) is 24.8. The highest BCUT2D eigenvalue weighted by atomic mass is 32.2. The molecular weight excluding hydrogens is 396 g/mol. The highest BCUT2D eigenvalue weighted by molar-refractivity contribution is 7.89. The fourth-order valence-electron chi connectivity index (χ4n) is 4.58. The van der Waals surface area contributed by atoms with Gasteiger partial charge >= 0.3 is 5.97 Å². The largest absolute Gasteiger partial charge is 0.481 e. The van der Waals surface area contributed by atoms with Crippen molar-refractivity contribution in [1.82, 2.24) is 4.31 Å². The van der Waals surface area contributed by atoms with E-state index in [4.69, 9.17) is 4.74 Å². The van der Waals surface area contributed by atoms with E-state index in [2.05, 4.69) is 5.32 Å². The number of aliphatic carboxylic acids is 1. The number of ether oxygens (including phenoxy) is 1. The number of carboxylic acids is 1. The summed E-state index contributed by atoms with van der Waals surface area (Å²) >= 11 is 0. The zero-order valence-electron chi connectivity index (χ0n) is 15.9. The quantitative estimate of drug-likeness (QED) is 0.699. The van der Waals surface area contributed by atoms with Gasteiger partial charge in [-0.3, -0.25) is 9.59 Å². The summed E-state index contributed by atoms with van der Waals surface area (Å²) in [5.41, 5.74) is 0.346. The number of nitrogens with one attached hydrogen (secondary N) is 1. The molecule has 8 nitrogen and oxygen atoms in total. The zero-order valence-corrected chi connectivity index (χ0v) is 16.7. The Labute approximate surface area is 169 Å². The molecule has 0 radical (unpaired) electrons. The van der Waals surface area contributed by atoms with Gasteiger partial charge in [0.05, 0.1) is 29.9 Å². The van der Waals surface area contributed by atoms with Gasteiger partial charge in [-0.15, -0.1) is 0 Å². The van der Waals surface area contributed by atoms with Gasteiger partial charge in [-0.2, -0.15) is 4.31 Å². The number of carboxylic acid groups (broad SMARTS) is 1. The molecule has 29 heavy (non-hydrogen) atoms. The van der Waals surface area contributed by atoms with Crippen LogP contribution in [-0.4, -0.2) is 56.0 Å². The molecule has 9 heteroatoms. The highest BCUT2D eigenvalue weighted by Gasteiger charge is 2.48. The van der Waals surface area contributed by atoms with Crippen molar-refractivity contribution in [1.29, 1.82) is 0 Å². The average molecular weight is 420 g/mol. The minimum Gasteiger partial charge on any atom is -0.481 e. The van der Waals surface area contributed by atoms with Crippen molar-refractivity contribution in [2.75, 3.05) is 31.6 Å².